The molecule has 178 valence electrons. The Kier molecular flexibility index (Phi) is 5.59. The van der Waals surface area contributed by atoms with E-state index in [1.165, 1.54) is 12.7 Å². The molecule has 6 rings (SSSR count). The maximum absolute atomic E-state index is 12.8. The van der Waals surface area contributed by atoms with E-state index in [2.05, 4.69) is 45.8 Å². The maximum Gasteiger partial charge on any atom is 0.225 e. The smallest absolute Gasteiger partial charge is 0.225 e. The fourth-order valence-corrected chi connectivity index (χ4v) is 5.02. The van der Waals surface area contributed by atoms with Gasteiger partial charge in [-0.2, -0.15) is 0 Å². The number of imidazole rings is 1. The maximum atomic E-state index is 12.8. The molecule has 4 aromatic rings. The van der Waals surface area contributed by atoms with Crippen LogP contribution in [0.4, 0.5) is 17.2 Å². The number of hydrogen-bond donors (Lipinski definition) is 4. The first-order chi connectivity index (χ1) is 17.1. The van der Waals surface area contributed by atoms with E-state index < -0.39 is 0 Å². The SMILES string of the molecule is Cc1ccc(NC(=O)CC2CN3CCC(C3)N2)cc1Nc1ncccc1-c1ncnc2nc[nH]c12. The lowest BCUT2D eigenvalue weighted by Gasteiger charge is -2.31. The molecule has 0 spiro atoms. The average Bonchev–Trinajstić information content (AvgIpc) is 3.47. The van der Waals surface area contributed by atoms with E-state index >= 15 is 0 Å². The number of hydrogen-bond acceptors (Lipinski definition) is 8. The Hall–Kier alpha value is -3.89. The number of aryl methyl sites for hydroxylation is 1. The van der Waals surface area contributed by atoms with Crippen molar-refractivity contribution in [2.24, 2.45) is 0 Å². The number of piperazine rings is 1. The lowest BCUT2D eigenvalue weighted by atomic mass is 10.1. The van der Waals surface area contributed by atoms with E-state index in [9.17, 15) is 4.79 Å². The third-order valence-corrected chi connectivity index (χ3v) is 6.71. The summed E-state index contributed by atoms with van der Waals surface area (Å²) in [5, 5.41) is 10.1. The highest BCUT2D eigenvalue weighted by molar-refractivity contribution is 5.93. The van der Waals surface area contributed by atoms with E-state index in [4.69, 9.17) is 0 Å². The third-order valence-electron chi connectivity index (χ3n) is 6.71. The van der Waals surface area contributed by atoms with Crippen LogP contribution < -0.4 is 16.0 Å². The minimum absolute atomic E-state index is 0.0148. The number of anilines is 3. The van der Waals surface area contributed by atoms with Gasteiger partial charge in [0.05, 0.1) is 6.33 Å². The van der Waals surface area contributed by atoms with Gasteiger partial charge in [0.2, 0.25) is 5.91 Å². The number of carbonyl (C=O) groups is 1. The van der Waals surface area contributed by atoms with Gasteiger partial charge in [0.25, 0.3) is 0 Å². The van der Waals surface area contributed by atoms with Gasteiger partial charge in [-0.15, -0.1) is 0 Å². The van der Waals surface area contributed by atoms with Crippen LogP contribution in [0.1, 0.15) is 18.4 Å². The lowest BCUT2D eigenvalue weighted by molar-refractivity contribution is -0.116. The molecule has 2 aliphatic heterocycles. The van der Waals surface area contributed by atoms with Crippen LogP contribution in [-0.4, -0.2) is 67.4 Å². The number of carbonyl (C=O) groups excluding carboxylic acids is 1. The molecule has 2 saturated heterocycles. The second-order valence-corrected chi connectivity index (χ2v) is 9.24. The van der Waals surface area contributed by atoms with Crippen molar-refractivity contribution in [1.29, 1.82) is 0 Å². The van der Waals surface area contributed by atoms with E-state index in [1.54, 1.807) is 12.5 Å². The van der Waals surface area contributed by atoms with Gasteiger partial charge in [-0.25, -0.2) is 19.9 Å². The van der Waals surface area contributed by atoms with Crippen molar-refractivity contribution >= 4 is 34.3 Å². The number of H-pyrrole nitrogens is 1. The molecule has 10 heteroatoms. The van der Waals surface area contributed by atoms with E-state index in [-0.39, 0.29) is 11.9 Å². The Bertz CT molecular complexity index is 1370. The minimum Gasteiger partial charge on any atom is -0.341 e. The van der Waals surface area contributed by atoms with E-state index in [0.717, 1.165) is 53.3 Å². The van der Waals surface area contributed by atoms with Gasteiger partial charge in [-0.1, -0.05) is 6.07 Å². The van der Waals surface area contributed by atoms with Crippen molar-refractivity contribution in [3.8, 4) is 11.3 Å². The molecule has 3 unspecified atom stereocenters. The zero-order valence-electron chi connectivity index (χ0n) is 19.5. The van der Waals surface area contributed by atoms with Gasteiger partial charge >= 0.3 is 0 Å². The van der Waals surface area contributed by atoms with Crippen LogP contribution in [0.25, 0.3) is 22.4 Å². The van der Waals surface area contributed by atoms with Crippen molar-refractivity contribution in [2.75, 3.05) is 30.3 Å². The first-order valence-corrected chi connectivity index (χ1v) is 11.9. The summed E-state index contributed by atoms with van der Waals surface area (Å²) in [6, 6.07) is 10.4. The monoisotopic (exact) mass is 469 g/mol. The average molecular weight is 470 g/mol. The molecule has 10 nitrogen and oxygen atoms in total. The molecule has 3 atom stereocenters. The van der Waals surface area contributed by atoms with Crippen molar-refractivity contribution in [2.45, 2.75) is 31.8 Å². The van der Waals surface area contributed by atoms with Crippen LogP contribution in [0, 0.1) is 6.92 Å². The van der Waals surface area contributed by atoms with Crippen LogP contribution >= 0.6 is 0 Å². The number of rotatable bonds is 6. The summed E-state index contributed by atoms with van der Waals surface area (Å²) in [5.74, 6) is 0.672. The lowest BCUT2D eigenvalue weighted by Crippen LogP contribution is -2.51. The third kappa shape index (κ3) is 4.45. The van der Waals surface area contributed by atoms with Gasteiger partial charge in [0.15, 0.2) is 5.65 Å². The molecule has 0 saturated carbocycles. The molecule has 0 aliphatic carbocycles. The van der Waals surface area contributed by atoms with Crippen LogP contribution in [-0.2, 0) is 4.79 Å². The molecule has 2 aliphatic rings. The summed E-state index contributed by atoms with van der Waals surface area (Å²) in [4.78, 5) is 35.8. The predicted octanol–water partition coefficient (Wildman–Crippen LogP) is 2.84. The number of nitrogens with zero attached hydrogens (tertiary/aromatic N) is 5. The number of aromatic amines is 1. The fourth-order valence-electron chi connectivity index (χ4n) is 5.02. The second-order valence-electron chi connectivity index (χ2n) is 9.24. The zero-order chi connectivity index (χ0) is 23.8. The molecule has 5 heterocycles. The van der Waals surface area contributed by atoms with Crippen molar-refractivity contribution in [3.63, 3.8) is 0 Å². The number of amides is 1. The molecule has 35 heavy (non-hydrogen) atoms. The Morgan fingerprint density at radius 1 is 1.17 bits per heavy atom. The normalized spacial score (nSPS) is 21.2. The summed E-state index contributed by atoms with van der Waals surface area (Å²) in [6.07, 6.45) is 6.47. The molecule has 3 aromatic heterocycles. The van der Waals surface area contributed by atoms with Gasteiger partial charge in [0.1, 0.15) is 23.4 Å². The first kappa shape index (κ1) is 21.6. The number of aromatic nitrogens is 5. The summed E-state index contributed by atoms with van der Waals surface area (Å²) < 4.78 is 0. The van der Waals surface area contributed by atoms with Gasteiger partial charge in [0, 0.05) is 54.7 Å². The molecule has 0 radical (unpaired) electrons. The van der Waals surface area contributed by atoms with Crippen molar-refractivity contribution < 1.29 is 4.79 Å². The standard InChI is InChI=1S/C25H27N9O/c1-15-4-5-16(32-21(35)10-18-12-34-8-6-17(11-34)31-18)9-20(15)33-24-19(3-2-7-26-24)22-23-25(29-13-27-22)30-14-28-23/h2-5,7,9,13-14,17-18,31H,6,8,10-12H2,1H3,(H,26,33)(H,32,35)(H,27,28,29,30). The van der Waals surface area contributed by atoms with Crippen LogP contribution in [0.3, 0.4) is 0 Å². The molecular weight excluding hydrogens is 442 g/mol. The van der Waals surface area contributed by atoms with Gasteiger partial charge < -0.3 is 25.8 Å². The fraction of sp³-hybridized carbons (Fsp3) is 0.320. The van der Waals surface area contributed by atoms with Crippen molar-refractivity contribution in [3.05, 3.63) is 54.7 Å². The molecule has 4 N–H and O–H groups in total. The Morgan fingerprint density at radius 3 is 3.03 bits per heavy atom. The molecule has 2 bridgehead atoms. The highest BCUT2D eigenvalue weighted by Crippen LogP contribution is 2.32. The van der Waals surface area contributed by atoms with Gasteiger partial charge in [-0.05, 0) is 49.7 Å². The van der Waals surface area contributed by atoms with Crippen LogP contribution in [0.15, 0.2) is 49.2 Å². The highest BCUT2D eigenvalue weighted by atomic mass is 16.1. The van der Waals surface area contributed by atoms with Crippen LogP contribution in [0.2, 0.25) is 0 Å². The van der Waals surface area contributed by atoms with Gasteiger partial charge in [-0.3, -0.25) is 4.79 Å². The second kappa shape index (κ2) is 9.05. The largest absolute Gasteiger partial charge is 0.341 e. The van der Waals surface area contributed by atoms with Crippen LogP contribution in [0.5, 0.6) is 0 Å². The number of benzene rings is 1. The quantitative estimate of drug-likeness (QED) is 0.340. The predicted molar refractivity (Wildman–Crippen MR) is 134 cm³/mol. The Morgan fingerprint density at radius 2 is 2.11 bits per heavy atom. The number of nitrogens with one attached hydrogen (secondary N) is 4. The molecule has 1 aromatic carbocycles. The summed E-state index contributed by atoms with van der Waals surface area (Å²) in [6.45, 7) is 5.17. The topological polar surface area (TPSA) is 124 Å². The molecule has 2 fully saturated rings. The molecular formula is C25H27N9O. The first-order valence-electron chi connectivity index (χ1n) is 11.9. The minimum atomic E-state index is 0.0148. The number of fused-ring (bicyclic) bond motifs is 3. The van der Waals surface area contributed by atoms with E-state index in [1.807, 2.05) is 37.3 Å². The summed E-state index contributed by atoms with van der Waals surface area (Å²) >= 11 is 0. The summed E-state index contributed by atoms with van der Waals surface area (Å²) in [5.41, 5.74) is 5.54. The highest BCUT2D eigenvalue weighted by Gasteiger charge is 2.32. The van der Waals surface area contributed by atoms with Crippen molar-refractivity contribution in [1.82, 2.24) is 35.1 Å². The summed E-state index contributed by atoms with van der Waals surface area (Å²) in [7, 11) is 0. The Balaban J connectivity index is 1.21. The number of pyridine rings is 1. The van der Waals surface area contributed by atoms with E-state index in [0.29, 0.717) is 23.9 Å². The Labute approximate surface area is 202 Å². The zero-order valence-corrected chi connectivity index (χ0v) is 19.5. The molecule has 1 amide bonds.